The topological polar surface area (TPSA) is 38.7 Å². The number of hydrogen-bond acceptors (Lipinski definition) is 3. The first kappa shape index (κ1) is 13.7. The van der Waals surface area contributed by atoms with E-state index in [4.69, 9.17) is 21.1 Å². The van der Waals surface area contributed by atoms with Crippen LogP contribution in [0.5, 0.6) is 5.75 Å². The molecule has 18 heavy (non-hydrogen) atoms. The van der Waals surface area contributed by atoms with Gasteiger partial charge in [0.2, 0.25) is 0 Å². The lowest BCUT2D eigenvalue weighted by Gasteiger charge is -2.24. The van der Waals surface area contributed by atoms with Gasteiger partial charge >= 0.3 is 0 Å². The van der Waals surface area contributed by atoms with Crippen molar-refractivity contribution < 1.29 is 14.6 Å². The zero-order valence-electron chi connectivity index (χ0n) is 10.8. The van der Waals surface area contributed by atoms with Crippen molar-refractivity contribution in [1.82, 2.24) is 0 Å². The standard InChI is InChI=1S/C14H19ClO3/c1-14(16,4-6-17-2)9-11-8-12(15)7-10-3-5-18-13(10)11/h7-8,16H,3-6,9H2,1-2H3. The van der Waals surface area contributed by atoms with E-state index in [2.05, 4.69) is 0 Å². The summed E-state index contributed by atoms with van der Waals surface area (Å²) in [4.78, 5) is 0. The van der Waals surface area contributed by atoms with Crippen LogP contribution in [0.2, 0.25) is 5.02 Å². The zero-order chi connectivity index (χ0) is 13.2. The van der Waals surface area contributed by atoms with Gasteiger partial charge in [-0.15, -0.1) is 0 Å². The van der Waals surface area contributed by atoms with Crippen molar-refractivity contribution in [3.05, 3.63) is 28.3 Å². The lowest BCUT2D eigenvalue weighted by atomic mass is 9.92. The third-order valence-electron chi connectivity index (χ3n) is 3.24. The van der Waals surface area contributed by atoms with Crippen molar-refractivity contribution in [3.8, 4) is 5.75 Å². The van der Waals surface area contributed by atoms with Gasteiger partial charge in [-0.25, -0.2) is 0 Å². The Morgan fingerprint density at radius 2 is 2.28 bits per heavy atom. The highest BCUT2D eigenvalue weighted by molar-refractivity contribution is 6.30. The minimum absolute atomic E-state index is 0.527. The molecule has 0 bridgehead atoms. The van der Waals surface area contributed by atoms with Crippen molar-refractivity contribution in [2.75, 3.05) is 20.3 Å². The third kappa shape index (κ3) is 3.16. The Bertz CT molecular complexity index is 429. The summed E-state index contributed by atoms with van der Waals surface area (Å²) in [6.45, 7) is 3.05. The third-order valence-corrected chi connectivity index (χ3v) is 3.46. The molecule has 0 aliphatic carbocycles. The molecule has 1 atom stereocenters. The number of ether oxygens (including phenoxy) is 2. The lowest BCUT2D eigenvalue weighted by Crippen LogP contribution is -2.29. The largest absolute Gasteiger partial charge is 0.493 e. The maximum atomic E-state index is 10.3. The van der Waals surface area contributed by atoms with E-state index in [1.807, 2.05) is 19.1 Å². The minimum atomic E-state index is -0.805. The quantitative estimate of drug-likeness (QED) is 0.894. The molecule has 0 radical (unpaired) electrons. The summed E-state index contributed by atoms with van der Waals surface area (Å²) in [6, 6.07) is 3.82. The molecule has 4 heteroatoms. The number of fused-ring (bicyclic) bond motifs is 1. The summed E-state index contributed by atoms with van der Waals surface area (Å²) in [5.74, 6) is 0.900. The van der Waals surface area contributed by atoms with Crippen LogP contribution in [-0.4, -0.2) is 31.0 Å². The molecule has 0 saturated heterocycles. The Morgan fingerprint density at radius 1 is 1.50 bits per heavy atom. The van der Waals surface area contributed by atoms with E-state index in [1.165, 1.54) is 0 Å². The number of aliphatic hydroxyl groups is 1. The number of halogens is 1. The van der Waals surface area contributed by atoms with Crippen LogP contribution in [0, 0.1) is 0 Å². The SMILES string of the molecule is COCCC(C)(O)Cc1cc(Cl)cc2c1OCC2. The number of rotatable bonds is 5. The highest BCUT2D eigenvalue weighted by Gasteiger charge is 2.25. The normalized spacial score (nSPS) is 17.1. The Labute approximate surface area is 113 Å². The summed E-state index contributed by atoms with van der Waals surface area (Å²) in [6.07, 6.45) is 2.01. The predicted octanol–water partition coefficient (Wildman–Crippen LogP) is 2.60. The molecular formula is C14H19ClO3. The van der Waals surface area contributed by atoms with Gasteiger partial charge in [0.1, 0.15) is 5.75 Å². The Balaban J connectivity index is 2.19. The fourth-order valence-electron chi connectivity index (χ4n) is 2.30. The van der Waals surface area contributed by atoms with Gasteiger partial charge in [0.15, 0.2) is 0 Å². The van der Waals surface area contributed by atoms with E-state index < -0.39 is 5.60 Å². The van der Waals surface area contributed by atoms with Crippen LogP contribution < -0.4 is 4.74 Å². The molecule has 1 aliphatic rings. The zero-order valence-corrected chi connectivity index (χ0v) is 11.6. The van der Waals surface area contributed by atoms with E-state index in [1.54, 1.807) is 7.11 Å². The highest BCUT2D eigenvalue weighted by atomic mass is 35.5. The van der Waals surface area contributed by atoms with E-state index in [9.17, 15) is 5.11 Å². The molecule has 1 N–H and O–H groups in total. The van der Waals surface area contributed by atoms with E-state index in [0.717, 1.165) is 23.3 Å². The van der Waals surface area contributed by atoms with Gasteiger partial charge in [0.05, 0.1) is 12.2 Å². The van der Waals surface area contributed by atoms with Gasteiger partial charge in [-0.2, -0.15) is 0 Å². The van der Waals surface area contributed by atoms with Crippen LogP contribution >= 0.6 is 11.6 Å². The van der Waals surface area contributed by atoms with Gasteiger partial charge < -0.3 is 14.6 Å². The van der Waals surface area contributed by atoms with Crippen LogP contribution in [0.25, 0.3) is 0 Å². The summed E-state index contributed by atoms with van der Waals surface area (Å²) in [7, 11) is 1.64. The molecule has 0 aromatic heterocycles. The number of methoxy groups -OCH3 is 1. The average molecular weight is 271 g/mol. The fourth-order valence-corrected chi connectivity index (χ4v) is 2.56. The first-order valence-electron chi connectivity index (χ1n) is 6.17. The molecule has 3 nitrogen and oxygen atoms in total. The second-order valence-electron chi connectivity index (χ2n) is 5.07. The van der Waals surface area contributed by atoms with Crippen LogP contribution in [0.15, 0.2) is 12.1 Å². The molecule has 1 heterocycles. The van der Waals surface area contributed by atoms with Crippen LogP contribution in [0.1, 0.15) is 24.5 Å². The summed E-state index contributed by atoms with van der Waals surface area (Å²) in [5, 5.41) is 11.0. The number of hydrogen-bond donors (Lipinski definition) is 1. The number of benzene rings is 1. The minimum Gasteiger partial charge on any atom is -0.493 e. The van der Waals surface area contributed by atoms with Crippen molar-refractivity contribution in [2.45, 2.75) is 31.8 Å². The van der Waals surface area contributed by atoms with E-state index >= 15 is 0 Å². The van der Waals surface area contributed by atoms with Crippen LogP contribution in [0.3, 0.4) is 0 Å². The maximum Gasteiger partial charge on any atom is 0.126 e. The molecular weight excluding hydrogens is 252 g/mol. The van der Waals surface area contributed by atoms with Crippen LogP contribution in [-0.2, 0) is 17.6 Å². The molecule has 0 amide bonds. The molecule has 1 aromatic carbocycles. The van der Waals surface area contributed by atoms with E-state index in [0.29, 0.717) is 31.1 Å². The first-order valence-corrected chi connectivity index (χ1v) is 6.55. The molecule has 1 aliphatic heterocycles. The Kier molecular flexibility index (Phi) is 4.15. The predicted molar refractivity (Wildman–Crippen MR) is 71.5 cm³/mol. The Hall–Kier alpha value is -0.770. The van der Waals surface area contributed by atoms with Crippen LogP contribution in [0.4, 0.5) is 0 Å². The van der Waals surface area contributed by atoms with Gasteiger partial charge in [0.25, 0.3) is 0 Å². The van der Waals surface area contributed by atoms with Gasteiger partial charge in [-0.05, 0) is 36.6 Å². The van der Waals surface area contributed by atoms with Crippen molar-refractivity contribution >= 4 is 11.6 Å². The molecule has 100 valence electrons. The lowest BCUT2D eigenvalue weighted by molar-refractivity contribution is 0.0245. The van der Waals surface area contributed by atoms with Gasteiger partial charge in [0, 0.05) is 31.6 Å². The van der Waals surface area contributed by atoms with Crippen molar-refractivity contribution in [3.63, 3.8) is 0 Å². The molecule has 2 rings (SSSR count). The summed E-state index contributed by atoms with van der Waals surface area (Å²) >= 11 is 6.10. The molecule has 1 aromatic rings. The van der Waals surface area contributed by atoms with Crippen molar-refractivity contribution in [1.29, 1.82) is 0 Å². The first-order chi connectivity index (χ1) is 8.52. The molecule has 0 spiro atoms. The fraction of sp³-hybridized carbons (Fsp3) is 0.571. The van der Waals surface area contributed by atoms with Gasteiger partial charge in [-0.3, -0.25) is 0 Å². The smallest absolute Gasteiger partial charge is 0.126 e. The maximum absolute atomic E-state index is 10.3. The molecule has 1 unspecified atom stereocenters. The monoisotopic (exact) mass is 270 g/mol. The summed E-state index contributed by atoms with van der Waals surface area (Å²) in [5.41, 5.74) is 1.32. The highest BCUT2D eigenvalue weighted by Crippen LogP contribution is 2.35. The van der Waals surface area contributed by atoms with Gasteiger partial charge in [-0.1, -0.05) is 11.6 Å². The molecule has 0 saturated carbocycles. The Morgan fingerprint density at radius 3 is 3.00 bits per heavy atom. The molecule has 0 fully saturated rings. The second kappa shape index (κ2) is 5.47. The second-order valence-corrected chi connectivity index (χ2v) is 5.50. The van der Waals surface area contributed by atoms with Crippen molar-refractivity contribution in [2.24, 2.45) is 0 Å². The van der Waals surface area contributed by atoms with E-state index in [-0.39, 0.29) is 0 Å². The average Bonchev–Trinajstić information content (AvgIpc) is 2.74. The summed E-state index contributed by atoms with van der Waals surface area (Å²) < 4.78 is 10.6.